The average molecular weight is 417 g/mol. The fourth-order valence-corrected chi connectivity index (χ4v) is 3.71. The molecule has 7 heteroatoms. The number of anilines is 1. The molecule has 0 radical (unpaired) electrons. The molecular formula is C24H23N3O4. The first-order valence-corrected chi connectivity index (χ1v) is 9.95. The van der Waals surface area contributed by atoms with Crippen LogP contribution in [0.15, 0.2) is 67.0 Å². The summed E-state index contributed by atoms with van der Waals surface area (Å²) in [7, 11) is 1.60. The van der Waals surface area contributed by atoms with Gasteiger partial charge in [-0.1, -0.05) is 18.2 Å². The van der Waals surface area contributed by atoms with Crippen LogP contribution in [0.25, 0.3) is 0 Å². The fourth-order valence-electron chi connectivity index (χ4n) is 3.71. The predicted molar refractivity (Wildman–Crippen MR) is 116 cm³/mol. The lowest BCUT2D eigenvalue weighted by atomic mass is 9.98. The van der Waals surface area contributed by atoms with E-state index in [0.29, 0.717) is 42.3 Å². The zero-order chi connectivity index (χ0) is 21.8. The van der Waals surface area contributed by atoms with Gasteiger partial charge in [-0.15, -0.1) is 0 Å². The molecule has 1 atom stereocenters. The average Bonchev–Trinajstić information content (AvgIpc) is 3.20. The molecule has 2 heterocycles. The molecule has 2 N–H and O–H groups in total. The number of ether oxygens (including phenoxy) is 2. The second-order valence-electron chi connectivity index (χ2n) is 7.38. The Bertz CT molecular complexity index is 1100. The van der Waals surface area contributed by atoms with Gasteiger partial charge in [-0.2, -0.15) is 0 Å². The van der Waals surface area contributed by atoms with E-state index in [0.717, 1.165) is 11.1 Å². The van der Waals surface area contributed by atoms with Crippen LogP contribution in [0.5, 0.6) is 11.5 Å². The second-order valence-corrected chi connectivity index (χ2v) is 7.38. The number of primary amides is 1. The summed E-state index contributed by atoms with van der Waals surface area (Å²) in [6, 6.07) is 16.4. The van der Waals surface area contributed by atoms with Gasteiger partial charge in [0.1, 0.15) is 6.61 Å². The molecular weight excluding hydrogens is 394 g/mol. The molecule has 1 saturated heterocycles. The number of carbonyl (C=O) groups excluding carboxylic acids is 2. The lowest BCUT2D eigenvalue weighted by molar-refractivity contribution is -0.117. The van der Waals surface area contributed by atoms with Crippen LogP contribution in [0.2, 0.25) is 0 Å². The number of pyridine rings is 1. The van der Waals surface area contributed by atoms with Gasteiger partial charge in [-0.3, -0.25) is 14.6 Å². The van der Waals surface area contributed by atoms with Gasteiger partial charge in [0.2, 0.25) is 11.8 Å². The molecule has 2 aromatic carbocycles. The third-order valence-electron chi connectivity index (χ3n) is 5.34. The molecule has 0 aliphatic carbocycles. The van der Waals surface area contributed by atoms with E-state index in [-0.39, 0.29) is 11.8 Å². The van der Waals surface area contributed by atoms with Crippen molar-refractivity contribution in [2.75, 3.05) is 18.6 Å². The summed E-state index contributed by atoms with van der Waals surface area (Å²) in [6.07, 6.45) is 3.84. The van der Waals surface area contributed by atoms with Crippen LogP contribution in [-0.4, -0.2) is 30.5 Å². The smallest absolute Gasteiger partial charge is 0.248 e. The van der Waals surface area contributed by atoms with Crippen LogP contribution in [0.3, 0.4) is 0 Å². The Morgan fingerprint density at radius 3 is 2.77 bits per heavy atom. The number of nitrogens with two attached hydrogens (primary N) is 1. The van der Waals surface area contributed by atoms with E-state index in [9.17, 15) is 9.59 Å². The van der Waals surface area contributed by atoms with Crippen molar-refractivity contribution in [3.05, 3.63) is 83.7 Å². The number of carbonyl (C=O) groups is 2. The third kappa shape index (κ3) is 4.50. The van der Waals surface area contributed by atoms with Gasteiger partial charge >= 0.3 is 0 Å². The third-order valence-corrected chi connectivity index (χ3v) is 5.34. The van der Waals surface area contributed by atoms with E-state index in [1.54, 1.807) is 42.6 Å². The molecule has 1 fully saturated rings. The molecule has 1 unspecified atom stereocenters. The Labute approximate surface area is 180 Å². The summed E-state index contributed by atoms with van der Waals surface area (Å²) in [5, 5.41) is 0. The molecule has 2 amide bonds. The highest BCUT2D eigenvalue weighted by Gasteiger charge is 2.32. The van der Waals surface area contributed by atoms with Crippen LogP contribution < -0.4 is 20.1 Å². The molecule has 0 spiro atoms. The number of rotatable bonds is 7. The number of hydrogen-bond donors (Lipinski definition) is 1. The monoisotopic (exact) mass is 417 g/mol. The highest BCUT2D eigenvalue weighted by atomic mass is 16.5. The first kappa shape index (κ1) is 20.4. The Balaban J connectivity index is 1.53. The fraction of sp³-hybridized carbons (Fsp3) is 0.208. The summed E-state index contributed by atoms with van der Waals surface area (Å²) in [4.78, 5) is 30.0. The summed E-state index contributed by atoms with van der Waals surface area (Å²) < 4.78 is 11.4. The van der Waals surface area contributed by atoms with Gasteiger partial charge in [-0.25, -0.2) is 0 Å². The van der Waals surface area contributed by atoms with Crippen LogP contribution in [0, 0.1) is 0 Å². The van der Waals surface area contributed by atoms with Gasteiger partial charge < -0.3 is 20.1 Å². The van der Waals surface area contributed by atoms with E-state index in [4.69, 9.17) is 15.2 Å². The second kappa shape index (κ2) is 8.87. The van der Waals surface area contributed by atoms with Crippen molar-refractivity contribution in [3.63, 3.8) is 0 Å². The molecule has 0 saturated carbocycles. The normalized spacial score (nSPS) is 15.7. The summed E-state index contributed by atoms with van der Waals surface area (Å²) in [5.74, 6) is 0.723. The maximum atomic E-state index is 12.7. The molecule has 31 heavy (non-hydrogen) atoms. The standard InChI is InChI=1S/C24H23N3O4/c1-30-21-8-7-17(11-22(21)31-15-16-4-3-9-26-13-16)19-12-23(28)27(14-19)20-6-2-5-18(10-20)24(25)29/h2-11,13,19H,12,14-15H2,1H3,(H2,25,29). The molecule has 1 aliphatic heterocycles. The highest BCUT2D eigenvalue weighted by Crippen LogP contribution is 2.37. The number of aromatic nitrogens is 1. The highest BCUT2D eigenvalue weighted by molar-refractivity contribution is 5.99. The van der Waals surface area contributed by atoms with Gasteiger partial charge in [0.05, 0.1) is 7.11 Å². The minimum Gasteiger partial charge on any atom is -0.493 e. The van der Waals surface area contributed by atoms with E-state index in [2.05, 4.69) is 4.98 Å². The molecule has 158 valence electrons. The van der Waals surface area contributed by atoms with Crippen molar-refractivity contribution in [2.45, 2.75) is 18.9 Å². The molecule has 1 aromatic heterocycles. The summed E-state index contributed by atoms with van der Waals surface area (Å²) in [6.45, 7) is 0.874. The first-order valence-electron chi connectivity index (χ1n) is 9.95. The van der Waals surface area contributed by atoms with Gasteiger partial charge in [0.25, 0.3) is 0 Å². The van der Waals surface area contributed by atoms with Crippen molar-refractivity contribution in [1.29, 1.82) is 0 Å². The number of benzene rings is 2. The van der Waals surface area contributed by atoms with E-state index < -0.39 is 5.91 Å². The van der Waals surface area contributed by atoms with E-state index in [1.165, 1.54) is 0 Å². The molecule has 3 aromatic rings. The summed E-state index contributed by atoms with van der Waals surface area (Å²) in [5.41, 5.74) is 8.37. The van der Waals surface area contributed by atoms with E-state index >= 15 is 0 Å². The van der Waals surface area contributed by atoms with Crippen molar-refractivity contribution in [2.24, 2.45) is 5.73 Å². The Hall–Kier alpha value is -3.87. The molecule has 0 bridgehead atoms. The maximum absolute atomic E-state index is 12.7. The Kier molecular flexibility index (Phi) is 5.84. The molecule has 4 rings (SSSR count). The predicted octanol–water partition coefficient (Wildman–Crippen LogP) is 3.29. The van der Waals surface area contributed by atoms with Crippen molar-refractivity contribution in [1.82, 2.24) is 4.98 Å². The topological polar surface area (TPSA) is 94.8 Å². The number of hydrogen-bond acceptors (Lipinski definition) is 5. The quantitative estimate of drug-likeness (QED) is 0.637. The lowest BCUT2D eigenvalue weighted by Gasteiger charge is -2.18. The van der Waals surface area contributed by atoms with Gasteiger partial charge in [0.15, 0.2) is 11.5 Å². The lowest BCUT2D eigenvalue weighted by Crippen LogP contribution is -2.24. The number of methoxy groups -OCH3 is 1. The van der Waals surface area contributed by atoms with E-state index in [1.807, 2.05) is 36.4 Å². The number of nitrogens with zero attached hydrogens (tertiary/aromatic N) is 2. The van der Waals surface area contributed by atoms with Crippen molar-refractivity contribution >= 4 is 17.5 Å². The minimum absolute atomic E-state index is 0.000247. The van der Waals surface area contributed by atoms with Crippen LogP contribution >= 0.6 is 0 Å². The van der Waals surface area contributed by atoms with Gasteiger partial charge in [0, 0.05) is 48.1 Å². The number of amides is 2. The molecule has 1 aliphatic rings. The van der Waals surface area contributed by atoms with Crippen LogP contribution in [-0.2, 0) is 11.4 Å². The largest absolute Gasteiger partial charge is 0.493 e. The first-order chi connectivity index (χ1) is 15.0. The van der Waals surface area contributed by atoms with Crippen LogP contribution in [0.4, 0.5) is 5.69 Å². The SMILES string of the molecule is COc1ccc(C2CC(=O)N(c3cccc(C(N)=O)c3)C2)cc1OCc1cccnc1. The van der Waals surface area contributed by atoms with Crippen molar-refractivity contribution in [3.8, 4) is 11.5 Å². The molecule has 7 nitrogen and oxygen atoms in total. The van der Waals surface area contributed by atoms with Gasteiger partial charge in [-0.05, 0) is 42.0 Å². The zero-order valence-electron chi connectivity index (χ0n) is 17.2. The zero-order valence-corrected chi connectivity index (χ0v) is 17.2. The Morgan fingerprint density at radius 1 is 1.16 bits per heavy atom. The minimum atomic E-state index is -0.518. The maximum Gasteiger partial charge on any atom is 0.248 e. The van der Waals surface area contributed by atoms with Crippen LogP contribution in [0.1, 0.15) is 33.8 Å². The summed E-state index contributed by atoms with van der Waals surface area (Å²) >= 11 is 0. The Morgan fingerprint density at radius 2 is 2.03 bits per heavy atom. The van der Waals surface area contributed by atoms with Crippen molar-refractivity contribution < 1.29 is 19.1 Å².